The van der Waals surface area contributed by atoms with Gasteiger partial charge in [0, 0.05) is 0 Å². The molecule has 0 heterocycles. The fraction of sp³-hybridized carbons (Fsp3) is 0.412. The molecule has 0 bridgehead atoms. The summed E-state index contributed by atoms with van der Waals surface area (Å²) < 4.78 is 33.9. The van der Waals surface area contributed by atoms with Crippen molar-refractivity contribution >= 4 is 21.9 Å². The number of esters is 1. The number of carbonyl (C=O) groups is 2. The number of benzene rings is 1. The zero-order valence-electron chi connectivity index (χ0n) is 14.4. The molecular formula is C17H23NO6S. The fourth-order valence-electron chi connectivity index (χ4n) is 2.05. The Morgan fingerprint density at radius 2 is 1.92 bits per heavy atom. The highest BCUT2D eigenvalue weighted by Crippen LogP contribution is 2.14. The van der Waals surface area contributed by atoms with Crippen molar-refractivity contribution < 1.29 is 27.5 Å². The maximum Gasteiger partial charge on any atom is 0.408 e. The van der Waals surface area contributed by atoms with Gasteiger partial charge in [-0.15, -0.1) is 0 Å². The van der Waals surface area contributed by atoms with Gasteiger partial charge >= 0.3 is 12.1 Å². The average molecular weight is 369 g/mol. The Morgan fingerprint density at radius 1 is 1.28 bits per heavy atom. The lowest BCUT2D eigenvalue weighted by molar-refractivity contribution is -0.143. The molecular weight excluding hydrogens is 346 g/mol. The number of nitrogens with one attached hydrogen (secondary N) is 1. The summed E-state index contributed by atoms with van der Waals surface area (Å²) in [7, 11) is -2.27. The van der Waals surface area contributed by atoms with Gasteiger partial charge in [-0.1, -0.05) is 30.4 Å². The van der Waals surface area contributed by atoms with Gasteiger partial charge in [-0.2, -0.15) is 0 Å². The van der Waals surface area contributed by atoms with Gasteiger partial charge in [0.25, 0.3) is 0 Å². The van der Waals surface area contributed by atoms with Crippen LogP contribution in [-0.2, 0) is 24.1 Å². The van der Waals surface area contributed by atoms with E-state index in [9.17, 15) is 18.0 Å². The first-order chi connectivity index (χ1) is 11.8. The Hall–Kier alpha value is -2.35. The molecule has 0 aliphatic heterocycles. The Labute approximate surface area is 147 Å². The molecule has 1 atom stereocenters. The third-order valence-electron chi connectivity index (χ3n) is 3.40. The van der Waals surface area contributed by atoms with Crippen molar-refractivity contribution in [3.8, 4) is 0 Å². The molecule has 0 aromatic heterocycles. The van der Waals surface area contributed by atoms with Crippen LogP contribution in [0.2, 0.25) is 0 Å². The topological polar surface area (TPSA) is 98.8 Å². The molecule has 25 heavy (non-hydrogen) atoms. The first-order valence-electron chi connectivity index (χ1n) is 7.71. The molecule has 7 nitrogen and oxygen atoms in total. The molecule has 0 aliphatic rings. The van der Waals surface area contributed by atoms with E-state index in [2.05, 4.69) is 16.6 Å². The van der Waals surface area contributed by atoms with Crippen LogP contribution in [0, 0.1) is 6.92 Å². The summed E-state index contributed by atoms with van der Waals surface area (Å²) in [5.74, 6) is -0.810. The van der Waals surface area contributed by atoms with Crippen LogP contribution in [0.5, 0.6) is 0 Å². The third kappa shape index (κ3) is 6.96. The molecule has 1 aromatic rings. The predicted octanol–water partition coefficient (Wildman–Crippen LogP) is 2.00. The van der Waals surface area contributed by atoms with E-state index in [4.69, 9.17) is 4.74 Å². The first-order valence-corrected chi connectivity index (χ1v) is 9.37. The van der Waals surface area contributed by atoms with Crippen LogP contribution < -0.4 is 5.32 Å². The van der Waals surface area contributed by atoms with E-state index in [0.717, 1.165) is 5.56 Å². The minimum absolute atomic E-state index is 0.00152. The summed E-state index contributed by atoms with van der Waals surface area (Å²) in [6.45, 7) is 5.28. The minimum Gasteiger partial charge on any atom is -0.467 e. The van der Waals surface area contributed by atoms with Gasteiger partial charge in [-0.25, -0.2) is 18.0 Å². The van der Waals surface area contributed by atoms with Crippen molar-refractivity contribution in [3.05, 3.63) is 42.5 Å². The quantitative estimate of drug-likeness (QED) is 0.528. The highest BCUT2D eigenvalue weighted by atomic mass is 32.2. The largest absolute Gasteiger partial charge is 0.467 e. The summed E-state index contributed by atoms with van der Waals surface area (Å²) in [6, 6.07) is 5.57. The van der Waals surface area contributed by atoms with E-state index in [1.54, 1.807) is 24.3 Å². The van der Waals surface area contributed by atoms with Crippen LogP contribution in [0.25, 0.3) is 0 Å². The summed E-state index contributed by atoms with van der Waals surface area (Å²) in [5.41, 5.74) is 0.965. The fourth-order valence-corrected chi connectivity index (χ4v) is 3.38. The molecule has 1 aromatic carbocycles. The number of carbonyl (C=O) groups excluding carboxylic acids is 2. The van der Waals surface area contributed by atoms with E-state index < -0.39 is 27.9 Å². The van der Waals surface area contributed by atoms with Crippen molar-refractivity contribution in [1.82, 2.24) is 5.32 Å². The van der Waals surface area contributed by atoms with Gasteiger partial charge in [0.05, 0.1) is 17.8 Å². The number of methoxy groups -OCH3 is 1. The lowest BCUT2D eigenvalue weighted by atomic mass is 10.2. The molecule has 0 spiro atoms. The molecule has 0 fully saturated rings. The van der Waals surface area contributed by atoms with Crippen LogP contribution in [0.15, 0.2) is 41.8 Å². The lowest BCUT2D eigenvalue weighted by Gasteiger charge is -2.16. The number of alkyl carbamates (subject to hydrolysis) is 1. The molecule has 0 aliphatic carbocycles. The van der Waals surface area contributed by atoms with Gasteiger partial charge < -0.3 is 14.8 Å². The van der Waals surface area contributed by atoms with Crippen molar-refractivity contribution in [1.29, 1.82) is 0 Å². The second kappa shape index (κ2) is 9.83. The number of sulfone groups is 1. The van der Waals surface area contributed by atoms with Gasteiger partial charge in [0.2, 0.25) is 0 Å². The van der Waals surface area contributed by atoms with Crippen LogP contribution in [-0.4, -0.2) is 46.0 Å². The van der Waals surface area contributed by atoms with Gasteiger partial charge in [-0.05, 0) is 31.9 Å². The van der Waals surface area contributed by atoms with Crippen LogP contribution in [0.1, 0.15) is 18.4 Å². The van der Waals surface area contributed by atoms with Crippen LogP contribution in [0.3, 0.4) is 0 Å². The van der Waals surface area contributed by atoms with E-state index in [1.807, 2.05) is 6.92 Å². The molecule has 0 saturated carbocycles. The normalized spacial score (nSPS) is 12.1. The van der Waals surface area contributed by atoms with Gasteiger partial charge in [-0.3, -0.25) is 0 Å². The molecule has 1 rings (SSSR count). The van der Waals surface area contributed by atoms with E-state index in [1.165, 1.54) is 13.2 Å². The van der Waals surface area contributed by atoms with E-state index >= 15 is 0 Å². The lowest BCUT2D eigenvalue weighted by Crippen LogP contribution is -2.42. The molecule has 138 valence electrons. The summed E-state index contributed by atoms with van der Waals surface area (Å²) in [5, 5.41) is 2.36. The number of hydrogen-bond acceptors (Lipinski definition) is 6. The van der Waals surface area contributed by atoms with Crippen LogP contribution >= 0.6 is 0 Å². The number of aryl methyl sites for hydroxylation is 1. The monoisotopic (exact) mass is 369 g/mol. The van der Waals surface area contributed by atoms with Crippen molar-refractivity contribution in [2.24, 2.45) is 0 Å². The first kappa shape index (κ1) is 20.7. The molecule has 8 heteroatoms. The predicted molar refractivity (Wildman–Crippen MR) is 93.0 cm³/mol. The van der Waals surface area contributed by atoms with Crippen molar-refractivity contribution in [2.45, 2.75) is 30.7 Å². The Bertz CT molecular complexity index is 696. The summed E-state index contributed by atoms with van der Waals surface area (Å²) >= 11 is 0. The van der Waals surface area contributed by atoms with Crippen molar-refractivity contribution in [2.75, 3.05) is 19.5 Å². The van der Waals surface area contributed by atoms with Crippen molar-refractivity contribution in [3.63, 3.8) is 0 Å². The standard InChI is InChI=1S/C17H23NO6S/c1-4-11-24-17(20)18-15(16(19)23-3)6-5-12-25(21,22)14-9-7-13(2)8-10-14/h4,7-10,15H,1,5-6,11-12H2,2-3H3,(H,18,20)/t15-/m1/s1. The third-order valence-corrected chi connectivity index (χ3v) is 5.21. The van der Waals surface area contributed by atoms with E-state index in [-0.39, 0.29) is 30.1 Å². The molecule has 1 N–H and O–H groups in total. The minimum atomic E-state index is -3.46. The number of amides is 1. The summed E-state index contributed by atoms with van der Waals surface area (Å²) in [6.07, 6.45) is 0.885. The molecule has 0 radical (unpaired) electrons. The molecule has 1 amide bonds. The van der Waals surface area contributed by atoms with Gasteiger partial charge in [0.15, 0.2) is 9.84 Å². The number of ether oxygens (including phenoxy) is 2. The smallest absolute Gasteiger partial charge is 0.408 e. The molecule has 0 saturated heterocycles. The second-order valence-electron chi connectivity index (χ2n) is 5.38. The van der Waals surface area contributed by atoms with Crippen LogP contribution in [0.4, 0.5) is 4.79 Å². The zero-order chi connectivity index (χ0) is 18.9. The van der Waals surface area contributed by atoms with E-state index in [0.29, 0.717) is 0 Å². The highest BCUT2D eigenvalue weighted by molar-refractivity contribution is 7.91. The summed E-state index contributed by atoms with van der Waals surface area (Å²) in [4.78, 5) is 23.5. The SMILES string of the molecule is C=CCOC(=O)N[C@H](CCCS(=O)(=O)c1ccc(C)cc1)C(=O)OC. The number of hydrogen-bond donors (Lipinski definition) is 1. The Kier molecular flexibility index (Phi) is 8.13. The second-order valence-corrected chi connectivity index (χ2v) is 7.49. The van der Waals surface area contributed by atoms with Gasteiger partial charge in [0.1, 0.15) is 12.6 Å². The Morgan fingerprint density at radius 3 is 2.48 bits per heavy atom. The highest BCUT2D eigenvalue weighted by Gasteiger charge is 2.23. The molecule has 0 unspecified atom stereocenters. The average Bonchev–Trinajstić information content (AvgIpc) is 2.58. The maximum atomic E-state index is 12.3. The number of rotatable bonds is 9. The Balaban J connectivity index is 2.63. The zero-order valence-corrected chi connectivity index (χ0v) is 15.2. The maximum absolute atomic E-state index is 12.3.